The van der Waals surface area contributed by atoms with Gasteiger partial charge in [0, 0.05) is 19.1 Å². The molecule has 0 aromatic heterocycles. The van der Waals surface area contributed by atoms with Crippen molar-refractivity contribution >= 4 is 16.1 Å². The molecular weight excluding hydrogens is 398 g/mol. The zero-order valence-corrected chi connectivity index (χ0v) is 18.7. The number of rotatable bonds is 6. The minimum atomic E-state index is -3.38. The first kappa shape index (κ1) is 22.3. The topological polar surface area (TPSA) is 78.5 Å². The predicted octanol–water partition coefficient (Wildman–Crippen LogP) is 3.32. The number of carbonyl (C=O) groups is 1. The predicted molar refractivity (Wildman–Crippen MR) is 121 cm³/mol. The molecule has 1 aliphatic rings. The molecule has 2 aromatic carbocycles. The van der Waals surface area contributed by atoms with Gasteiger partial charge in [-0.1, -0.05) is 48.5 Å². The Morgan fingerprint density at radius 2 is 1.93 bits per heavy atom. The maximum Gasteiger partial charge on any atom is 0.317 e. The molecule has 162 valence electrons. The first-order valence-electron chi connectivity index (χ1n) is 10.4. The Labute approximate surface area is 179 Å². The summed E-state index contributed by atoms with van der Waals surface area (Å²) < 4.78 is 26.7. The molecule has 1 fully saturated rings. The highest BCUT2D eigenvalue weighted by Crippen LogP contribution is 2.27. The van der Waals surface area contributed by atoms with Gasteiger partial charge in [-0.25, -0.2) is 17.9 Å². The zero-order chi connectivity index (χ0) is 21.7. The number of likely N-dealkylation sites (tertiary alicyclic amines) is 1. The highest BCUT2D eigenvalue weighted by molar-refractivity contribution is 7.88. The summed E-state index contributed by atoms with van der Waals surface area (Å²) >= 11 is 0. The maximum atomic E-state index is 12.7. The first-order chi connectivity index (χ1) is 14.3. The summed E-state index contributed by atoms with van der Waals surface area (Å²) in [4.78, 5) is 14.5. The quantitative estimate of drug-likeness (QED) is 0.739. The molecule has 6 nitrogen and oxygen atoms in total. The standard InChI is InChI=1S/C23H31N3O3S/c1-4-24-23(27)26-14-8-13-21(25-30(3,28)29)22(26)16-18-10-7-11-19(15-18)20-12-6-5-9-17(20)2/h5-7,9-12,15,21-22,25H,4,8,13-14,16H2,1-3H3,(H,24,27)/t21-,22-/m1/s1. The number of hydrogen-bond acceptors (Lipinski definition) is 3. The molecule has 0 radical (unpaired) electrons. The van der Waals surface area contributed by atoms with E-state index in [4.69, 9.17) is 0 Å². The van der Waals surface area contributed by atoms with E-state index in [0.29, 0.717) is 25.9 Å². The lowest BCUT2D eigenvalue weighted by Gasteiger charge is -2.41. The lowest BCUT2D eigenvalue weighted by atomic mass is 9.90. The van der Waals surface area contributed by atoms with Crippen LogP contribution in [-0.2, 0) is 16.4 Å². The van der Waals surface area contributed by atoms with Crippen molar-refractivity contribution in [1.82, 2.24) is 14.9 Å². The van der Waals surface area contributed by atoms with E-state index >= 15 is 0 Å². The average Bonchev–Trinajstić information content (AvgIpc) is 2.69. The van der Waals surface area contributed by atoms with Crippen LogP contribution >= 0.6 is 0 Å². The van der Waals surface area contributed by atoms with Crippen LogP contribution in [0.1, 0.15) is 30.9 Å². The SMILES string of the molecule is CCNC(=O)N1CCC[C@@H](NS(C)(=O)=O)[C@H]1Cc1cccc(-c2ccccc2C)c1. The number of aryl methyl sites for hydroxylation is 1. The van der Waals surface area contributed by atoms with Crippen molar-refractivity contribution in [2.75, 3.05) is 19.3 Å². The van der Waals surface area contributed by atoms with E-state index in [1.54, 1.807) is 4.90 Å². The molecular formula is C23H31N3O3S. The monoisotopic (exact) mass is 429 g/mol. The van der Waals surface area contributed by atoms with Crippen LogP contribution in [0.3, 0.4) is 0 Å². The Hall–Kier alpha value is -2.38. The summed E-state index contributed by atoms with van der Waals surface area (Å²) in [5, 5.41) is 2.87. The van der Waals surface area contributed by atoms with E-state index in [2.05, 4.69) is 41.2 Å². The van der Waals surface area contributed by atoms with Crippen LogP contribution in [0.4, 0.5) is 4.79 Å². The molecule has 0 unspecified atom stereocenters. The number of nitrogens with one attached hydrogen (secondary N) is 2. The van der Waals surface area contributed by atoms with Crippen molar-refractivity contribution in [2.24, 2.45) is 0 Å². The van der Waals surface area contributed by atoms with Crippen LogP contribution in [0.5, 0.6) is 0 Å². The molecule has 1 saturated heterocycles. The van der Waals surface area contributed by atoms with Crippen LogP contribution in [0.25, 0.3) is 11.1 Å². The van der Waals surface area contributed by atoms with Crippen LogP contribution in [0.2, 0.25) is 0 Å². The van der Waals surface area contributed by atoms with Gasteiger partial charge in [-0.3, -0.25) is 0 Å². The van der Waals surface area contributed by atoms with Crippen LogP contribution in [0.15, 0.2) is 48.5 Å². The fraction of sp³-hybridized carbons (Fsp3) is 0.435. The first-order valence-corrected chi connectivity index (χ1v) is 12.3. The summed E-state index contributed by atoms with van der Waals surface area (Å²) in [6.45, 7) is 5.13. The number of amides is 2. The molecule has 3 rings (SSSR count). The Morgan fingerprint density at radius 3 is 2.63 bits per heavy atom. The van der Waals surface area contributed by atoms with E-state index in [1.165, 1.54) is 17.4 Å². The van der Waals surface area contributed by atoms with Crippen LogP contribution < -0.4 is 10.0 Å². The van der Waals surface area contributed by atoms with Gasteiger partial charge in [0.15, 0.2) is 0 Å². The van der Waals surface area contributed by atoms with Gasteiger partial charge in [-0.15, -0.1) is 0 Å². The molecule has 0 saturated carbocycles. The highest BCUT2D eigenvalue weighted by Gasteiger charge is 2.35. The summed E-state index contributed by atoms with van der Waals surface area (Å²) in [7, 11) is -3.38. The second kappa shape index (κ2) is 9.62. The third-order valence-electron chi connectivity index (χ3n) is 5.56. The van der Waals surface area contributed by atoms with E-state index in [9.17, 15) is 13.2 Å². The van der Waals surface area contributed by atoms with Gasteiger partial charge < -0.3 is 10.2 Å². The molecule has 30 heavy (non-hydrogen) atoms. The molecule has 0 spiro atoms. The maximum absolute atomic E-state index is 12.7. The van der Waals surface area contributed by atoms with Gasteiger partial charge in [-0.2, -0.15) is 0 Å². The molecule has 0 bridgehead atoms. The average molecular weight is 430 g/mol. The minimum Gasteiger partial charge on any atom is -0.338 e. The third kappa shape index (κ3) is 5.61. The summed E-state index contributed by atoms with van der Waals surface area (Å²) in [6, 6.07) is 15.8. The van der Waals surface area contributed by atoms with Crippen molar-refractivity contribution in [2.45, 2.75) is 45.2 Å². The minimum absolute atomic E-state index is 0.141. The molecule has 1 aliphatic heterocycles. The van der Waals surface area contributed by atoms with Crippen molar-refractivity contribution in [1.29, 1.82) is 0 Å². The molecule has 2 N–H and O–H groups in total. The van der Waals surface area contributed by atoms with Gasteiger partial charge in [0.2, 0.25) is 10.0 Å². The second-order valence-corrected chi connectivity index (χ2v) is 9.73. The van der Waals surface area contributed by atoms with Gasteiger partial charge in [0.25, 0.3) is 0 Å². The number of benzene rings is 2. The van der Waals surface area contributed by atoms with Crippen molar-refractivity contribution < 1.29 is 13.2 Å². The summed E-state index contributed by atoms with van der Waals surface area (Å²) in [5.41, 5.74) is 4.58. The second-order valence-electron chi connectivity index (χ2n) is 7.95. The lowest BCUT2D eigenvalue weighted by Crippen LogP contribution is -2.59. The number of carbonyl (C=O) groups excluding carboxylic acids is 1. The lowest BCUT2D eigenvalue weighted by molar-refractivity contribution is 0.134. The Morgan fingerprint density at radius 1 is 1.17 bits per heavy atom. The van der Waals surface area contributed by atoms with Crippen LogP contribution in [0, 0.1) is 6.92 Å². The normalized spacial score (nSPS) is 19.5. The van der Waals surface area contributed by atoms with E-state index in [-0.39, 0.29) is 18.1 Å². The Bertz CT molecular complexity index is 991. The molecule has 7 heteroatoms. The van der Waals surface area contributed by atoms with Gasteiger partial charge in [0.1, 0.15) is 0 Å². The number of urea groups is 1. The fourth-order valence-corrected chi connectivity index (χ4v) is 5.06. The fourth-order valence-electron chi connectivity index (χ4n) is 4.23. The largest absolute Gasteiger partial charge is 0.338 e. The smallest absolute Gasteiger partial charge is 0.317 e. The zero-order valence-electron chi connectivity index (χ0n) is 17.9. The van der Waals surface area contributed by atoms with Crippen LogP contribution in [-0.4, -0.2) is 50.8 Å². The van der Waals surface area contributed by atoms with Gasteiger partial charge in [-0.05, 0) is 55.4 Å². The van der Waals surface area contributed by atoms with Crippen molar-refractivity contribution in [3.8, 4) is 11.1 Å². The molecule has 2 amide bonds. The van der Waals surface area contributed by atoms with Gasteiger partial charge >= 0.3 is 6.03 Å². The number of nitrogens with zero attached hydrogens (tertiary/aromatic N) is 1. The van der Waals surface area contributed by atoms with E-state index in [1.807, 2.05) is 31.2 Å². The summed E-state index contributed by atoms with van der Waals surface area (Å²) in [5.74, 6) is 0. The van der Waals surface area contributed by atoms with E-state index < -0.39 is 10.0 Å². The van der Waals surface area contributed by atoms with Crippen molar-refractivity contribution in [3.05, 3.63) is 59.7 Å². The number of sulfonamides is 1. The van der Waals surface area contributed by atoms with Gasteiger partial charge in [0.05, 0.1) is 12.3 Å². The highest BCUT2D eigenvalue weighted by atomic mass is 32.2. The third-order valence-corrected chi connectivity index (χ3v) is 6.29. The molecule has 0 aliphatic carbocycles. The van der Waals surface area contributed by atoms with Crippen molar-refractivity contribution in [3.63, 3.8) is 0 Å². The number of piperidine rings is 1. The molecule has 2 atom stereocenters. The number of hydrogen-bond donors (Lipinski definition) is 2. The Kier molecular flexibility index (Phi) is 7.15. The summed E-state index contributed by atoms with van der Waals surface area (Å²) in [6.07, 6.45) is 3.24. The molecule has 1 heterocycles. The Balaban J connectivity index is 1.91. The van der Waals surface area contributed by atoms with E-state index in [0.717, 1.165) is 17.5 Å². The molecule has 2 aromatic rings.